The molecular weight excluding hydrogens is 406 g/mol. The van der Waals surface area contributed by atoms with Crippen LogP contribution in [-0.2, 0) is 11.2 Å². The maximum Gasteiger partial charge on any atom is 0.422 e. The molecule has 3 rings (SSSR count). The zero-order valence-electron chi connectivity index (χ0n) is 16.0. The fourth-order valence-electron chi connectivity index (χ4n) is 3.07. The molecule has 160 valence electrons. The number of anilines is 1. The highest BCUT2D eigenvalue weighted by molar-refractivity contribution is 5.94. The van der Waals surface area contributed by atoms with Crippen LogP contribution in [0.1, 0.15) is 41.1 Å². The topological polar surface area (TPSA) is 71.5 Å². The Balaban J connectivity index is 1.71. The number of ether oxygens (including phenoxy) is 1. The fraction of sp³-hybridized carbons (Fsp3) is 0.350. The van der Waals surface area contributed by atoms with E-state index in [1.54, 1.807) is 19.1 Å². The lowest BCUT2D eigenvalue weighted by atomic mass is 10.1. The summed E-state index contributed by atoms with van der Waals surface area (Å²) < 4.78 is 54.3. The Bertz CT molecular complexity index is 932. The molecule has 10 heteroatoms. The average Bonchev–Trinajstić information content (AvgIpc) is 2.71. The highest BCUT2D eigenvalue weighted by atomic mass is 19.4. The van der Waals surface area contributed by atoms with Gasteiger partial charge < -0.3 is 10.1 Å². The third-order valence-electron chi connectivity index (χ3n) is 4.54. The van der Waals surface area contributed by atoms with Crippen LogP contribution < -0.4 is 10.2 Å². The van der Waals surface area contributed by atoms with E-state index >= 15 is 0 Å². The number of carbonyl (C=O) groups is 2. The van der Waals surface area contributed by atoms with Gasteiger partial charge in [-0.25, -0.2) is 9.18 Å². The molecule has 0 spiro atoms. The molecule has 1 atom stereocenters. The minimum absolute atomic E-state index is 0.224. The minimum atomic E-state index is -4.60. The van der Waals surface area contributed by atoms with Gasteiger partial charge in [0.25, 0.3) is 5.91 Å². The first-order chi connectivity index (χ1) is 14.1. The van der Waals surface area contributed by atoms with Crippen molar-refractivity contribution >= 4 is 17.7 Å². The van der Waals surface area contributed by atoms with Crippen LogP contribution in [0.25, 0.3) is 0 Å². The molecule has 0 fully saturated rings. The molecule has 0 bridgehead atoms. The molecule has 30 heavy (non-hydrogen) atoms. The van der Waals surface area contributed by atoms with Crippen molar-refractivity contribution in [2.24, 2.45) is 0 Å². The number of halogens is 4. The number of aromatic nitrogens is 1. The van der Waals surface area contributed by atoms with E-state index in [9.17, 15) is 27.2 Å². The summed E-state index contributed by atoms with van der Waals surface area (Å²) in [6, 6.07) is 7.77. The summed E-state index contributed by atoms with van der Waals surface area (Å²) in [5, 5.41) is 2.76. The number of amides is 2. The van der Waals surface area contributed by atoms with E-state index in [1.807, 2.05) is 0 Å². The molecule has 2 aromatic rings. The van der Waals surface area contributed by atoms with Crippen LogP contribution in [0.4, 0.5) is 28.0 Å². The summed E-state index contributed by atoms with van der Waals surface area (Å²) in [6.45, 7) is 0.283. The van der Waals surface area contributed by atoms with Crippen LogP contribution in [0.5, 0.6) is 0 Å². The standard InChI is InChI=1S/C20H19F4N3O3/c1-12(25-18(28)13-4-6-14(21)7-5-13)15-8-9-17-16(26-15)3-2-10-27(17)19(29)30-11-20(22,23)24/h4-9,12H,2-3,10-11H2,1H3,(H,25,28). The number of alkyl halides is 3. The number of hydrogen-bond donors (Lipinski definition) is 1. The Labute approximate surface area is 169 Å². The number of aryl methyl sites for hydroxylation is 1. The third kappa shape index (κ3) is 5.25. The van der Waals surface area contributed by atoms with E-state index in [1.165, 1.54) is 24.3 Å². The van der Waals surface area contributed by atoms with Crippen molar-refractivity contribution in [1.29, 1.82) is 0 Å². The van der Waals surface area contributed by atoms with Crippen molar-refractivity contribution in [2.45, 2.75) is 32.0 Å². The van der Waals surface area contributed by atoms with E-state index in [-0.39, 0.29) is 6.54 Å². The SMILES string of the molecule is CC(NC(=O)c1ccc(F)cc1)c1ccc2c(n1)CCCN2C(=O)OCC(F)(F)F. The first-order valence-corrected chi connectivity index (χ1v) is 9.21. The quantitative estimate of drug-likeness (QED) is 0.747. The number of nitrogens with one attached hydrogen (secondary N) is 1. The Morgan fingerprint density at radius 3 is 2.57 bits per heavy atom. The van der Waals surface area contributed by atoms with Crippen molar-refractivity contribution in [3.63, 3.8) is 0 Å². The maximum absolute atomic E-state index is 13.0. The van der Waals surface area contributed by atoms with Gasteiger partial charge >= 0.3 is 12.3 Å². The van der Waals surface area contributed by atoms with E-state index in [4.69, 9.17) is 0 Å². The van der Waals surface area contributed by atoms with E-state index < -0.39 is 36.6 Å². The molecular formula is C20H19F4N3O3. The lowest BCUT2D eigenvalue weighted by Gasteiger charge is -2.29. The van der Waals surface area contributed by atoms with Crippen LogP contribution >= 0.6 is 0 Å². The van der Waals surface area contributed by atoms with Crippen LogP contribution in [0.2, 0.25) is 0 Å². The normalized spacial score (nSPS) is 14.6. The predicted octanol–water partition coefficient (Wildman–Crippen LogP) is 4.16. The second-order valence-electron chi connectivity index (χ2n) is 6.83. The summed E-state index contributed by atoms with van der Waals surface area (Å²) in [6.07, 6.45) is -4.64. The van der Waals surface area contributed by atoms with E-state index in [2.05, 4.69) is 15.0 Å². The van der Waals surface area contributed by atoms with Gasteiger partial charge in [-0.2, -0.15) is 13.2 Å². The molecule has 1 aromatic heterocycles. The molecule has 1 aliphatic heterocycles. The first kappa shape index (κ1) is 21.5. The Morgan fingerprint density at radius 1 is 1.20 bits per heavy atom. The van der Waals surface area contributed by atoms with Gasteiger partial charge in [0.05, 0.1) is 23.1 Å². The largest absolute Gasteiger partial charge is 0.439 e. The van der Waals surface area contributed by atoms with Gasteiger partial charge in [-0.05, 0) is 56.2 Å². The van der Waals surface area contributed by atoms with Crippen LogP contribution in [0.15, 0.2) is 36.4 Å². The summed E-state index contributed by atoms with van der Waals surface area (Å²) in [7, 11) is 0. The molecule has 1 unspecified atom stereocenters. The minimum Gasteiger partial charge on any atom is -0.439 e. The van der Waals surface area contributed by atoms with Gasteiger partial charge in [-0.15, -0.1) is 0 Å². The van der Waals surface area contributed by atoms with Gasteiger partial charge in [0.15, 0.2) is 6.61 Å². The second-order valence-corrected chi connectivity index (χ2v) is 6.83. The van der Waals surface area contributed by atoms with Gasteiger partial charge in [-0.1, -0.05) is 0 Å². The van der Waals surface area contributed by atoms with Gasteiger partial charge in [0.1, 0.15) is 5.82 Å². The summed E-state index contributed by atoms with van der Waals surface area (Å²) in [5.74, 6) is -0.853. The van der Waals surface area contributed by atoms with Crippen molar-refractivity contribution in [1.82, 2.24) is 10.3 Å². The first-order valence-electron chi connectivity index (χ1n) is 9.21. The van der Waals surface area contributed by atoms with Gasteiger partial charge in [0.2, 0.25) is 0 Å². The van der Waals surface area contributed by atoms with Crippen LogP contribution in [0.3, 0.4) is 0 Å². The fourth-order valence-corrected chi connectivity index (χ4v) is 3.07. The Morgan fingerprint density at radius 2 is 1.90 bits per heavy atom. The number of fused-ring (bicyclic) bond motifs is 1. The van der Waals surface area contributed by atoms with Crippen molar-refractivity contribution in [2.75, 3.05) is 18.1 Å². The molecule has 1 aliphatic rings. The highest BCUT2D eigenvalue weighted by Crippen LogP contribution is 2.28. The zero-order valence-corrected chi connectivity index (χ0v) is 16.0. The lowest BCUT2D eigenvalue weighted by Crippen LogP contribution is -2.38. The van der Waals surface area contributed by atoms with Gasteiger partial charge in [0, 0.05) is 12.1 Å². The second kappa shape index (κ2) is 8.68. The smallest absolute Gasteiger partial charge is 0.422 e. The summed E-state index contributed by atoms with van der Waals surface area (Å²) in [5.41, 5.74) is 1.73. The Hall–Kier alpha value is -3.17. The molecule has 0 radical (unpaired) electrons. The molecule has 0 saturated carbocycles. The zero-order chi connectivity index (χ0) is 21.9. The van der Waals surface area contributed by atoms with Gasteiger partial charge in [-0.3, -0.25) is 14.7 Å². The summed E-state index contributed by atoms with van der Waals surface area (Å²) in [4.78, 5) is 29.9. The van der Waals surface area contributed by atoms with E-state index in [0.29, 0.717) is 35.5 Å². The van der Waals surface area contributed by atoms with Crippen molar-refractivity contribution < 1.29 is 31.9 Å². The number of hydrogen-bond acceptors (Lipinski definition) is 4. The molecule has 0 saturated heterocycles. The number of rotatable bonds is 4. The van der Waals surface area contributed by atoms with Crippen LogP contribution in [0, 0.1) is 5.82 Å². The van der Waals surface area contributed by atoms with Crippen LogP contribution in [-0.4, -0.2) is 36.3 Å². The monoisotopic (exact) mass is 425 g/mol. The molecule has 2 amide bonds. The molecule has 1 N–H and O–H groups in total. The molecule has 0 aliphatic carbocycles. The lowest BCUT2D eigenvalue weighted by molar-refractivity contribution is -0.159. The number of pyridine rings is 1. The Kier molecular flexibility index (Phi) is 6.23. The molecule has 1 aromatic carbocycles. The highest BCUT2D eigenvalue weighted by Gasteiger charge is 2.32. The maximum atomic E-state index is 13.0. The number of carbonyl (C=O) groups excluding carboxylic acids is 2. The third-order valence-corrected chi connectivity index (χ3v) is 4.54. The van der Waals surface area contributed by atoms with Crippen molar-refractivity contribution in [3.8, 4) is 0 Å². The molecule has 6 nitrogen and oxygen atoms in total. The average molecular weight is 425 g/mol. The number of benzene rings is 1. The van der Waals surface area contributed by atoms with E-state index in [0.717, 1.165) is 4.90 Å². The molecule has 2 heterocycles. The number of nitrogens with zero attached hydrogens (tertiary/aromatic N) is 2. The summed E-state index contributed by atoms with van der Waals surface area (Å²) >= 11 is 0. The van der Waals surface area contributed by atoms with Crippen molar-refractivity contribution in [3.05, 3.63) is 59.2 Å². The predicted molar refractivity (Wildman–Crippen MR) is 99.6 cm³/mol.